The second-order valence-electron chi connectivity index (χ2n) is 7.16. The van der Waals surface area contributed by atoms with Gasteiger partial charge in [-0.3, -0.25) is 0 Å². The van der Waals surface area contributed by atoms with E-state index >= 15 is 0 Å². The molecular weight excluding hydrogens is 254 g/mol. The van der Waals surface area contributed by atoms with Gasteiger partial charge in [-0.05, 0) is 37.3 Å². The van der Waals surface area contributed by atoms with Crippen LogP contribution in [0.1, 0.15) is 71.3 Å². The highest BCUT2D eigenvalue weighted by molar-refractivity contribution is 5.29. The summed E-state index contributed by atoms with van der Waals surface area (Å²) in [5.74, 6) is 0.823. The summed E-state index contributed by atoms with van der Waals surface area (Å²) < 4.78 is 0. The Morgan fingerprint density at radius 1 is 1.05 bits per heavy atom. The molecule has 1 aliphatic carbocycles. The van der Waals surface area contributed by atoms with Crippen LogP contribution in [0.15, 0.2) is 30.3 Å². The number of rotatable bonds is 8. The third-order valence-corrected chi connectivity index (χ3v) is 5.24. The van der Waals surface area contributed by atoms with E-state index in [1.165, 1.54) is 44.9 Å². The van der Waals surface area contributed by atoms with Crippen molar-refractivity contribution in [3.63, 3.8) is 0 Å². The fourth-order valence-corrected chi connectivity index (χ4v) is 4.16. The van der Waals surface area contributed by atoms with E-state index in [0.717, 1.165) is 12.5 Å². The van der Waals surface area contributed by atoms with Gasteiger partial charge in [0.15, 0.2) is 0 Å². The lowest BCUT2D eigenvalue weighted by atomic mass is 9.71. The number of likely N-dealkylation sites (N-methyl/N-ethyl adjacent to an activating group) is 1. The first-order valence-electron chi connectivity index (χ1n) is 8.98. The SMILES string of the molecule is CCNC(CCCC(C)C)C1(c2ccccc2)CCCC1. The van der Waals surface area contributed by atoms with Crippen molar-refractivity contribution in [2.45, 2.75) is 77.2 Å². The molecule has 1 N–H and O–H groups in total. The molecule has 1 aromatic rings. The van der Waals surface area contributed by atoms with Crippen LogP contribution >= 0.6 is 0 Å². The first-order valence-corrected chi connectivity index (χ1v) is 8.98. The third kappa shape index (κ3) is 4.10. The predicted molar refractivity (Wildman–Crippen MR) is 92.7 cm³/mol. The van der Waals surface area contributed by atoms with E-state index < -0.39 is 0 Å². The van der Waals surface area contributed by atoms with E-state index in [-0.39, 0.29) is 0 Å². The zero-order chi connectivity index (χ0) is 15.1. The second kappa shape index (κ2) is 7.98. The van der Waals surface area contributed by atoms with Crippen molar-refractivity contribution in [3.05, 3.63) is 35.9 Å². The maximum absolute atomic E-state index is 3.84. The molecule has 0 radical (unpaired) electrons. The molecule has 1 aliphatic rings. The normalized spacial score (nSPS) is 19.0. The van der Waals surface area contributed by atoms with E-state index in [1.54, 1.807) is 5.56 Å². The Morgan fingerprint density at radius 3 is 2.29 bits per heavy atom. The first kappa shape index (κ1) is 16.5. The van der Waals surface area contributed by atoms with Gasteiger partial charge in [0.2, 0.25) is 0 Å². The first-order chi connectivity index (χ1) is 10.2. The van der Waals surface area contributed by atoms with Crippen molar-refractivity contribution in [3.8, 4) is 0 Å². The Morgan fingerprint density at radius 2 is 1.71 bits per heavy atom. The molecule has 0 spiro atoms. The molecule has 21 heavy (non-hydrogen) atoms. The zero-order valence-electron chi connectivity index (χ0n) is 14.2. The second-order valence-corrected chi connectivity index (χ2v) is 7.16. The van der Waals surface area contributed by atoms with Gasteiger partial charge in [-0.25, -0.2) is 0 Å². The van der Waals surface area contributed by atoms with Crippen molar-refractivity contribution in [1.82, 2.24) is 5.32 Å². The largest absolute Gasteiger partial charge is 0.313 e. The molecule has 0 saturated heterocycles. The molecule has 0 aromatic heterocycles. The van der Waals surface area contributed by atoms with Crippen LogP contribution in [0.2, 0.25) is 0 Å². The predicted octanol–water partition coefficient (Wildman–Crippen LogP) is 5.30. The van der Waals surface area contributed by atoms with Crippen LogP contribution in [-0.4, -0.2) is 12.6 Å². The Bertz CT molecular complexity index is 390. The average molecular weight is 287 g/mol. The lowest BCUT2D eigenvalue weighted by molar-refractivity contribution is 0.275. The molecule has 1 atom stereocenters. The van der Waals surface area contributed by atoms with Crippen molar-refractivity contribution in [2.24, 2.45) is 5.92 Å². The highest BCUT2D eigenvalue weighted by Crippen LogP contribution is 2.45. The Balaban J connectivity index is 2.16. The summed E-state index contributed by atoms with van der Waals surface area (Å²) in [6, 6.07) is 11.9. The number of hydrogen-bond acceptors (Lipinski definition) is 1. The van der Waals surface area contributed by atoms with Crippen molar-refractivity contribution in [1.29, 1.82) is 0 Å². The summed E-state index contributed by atoms with van der Waals surface area (Å²) in [5, 5.41) is 3.84. The highest BCUT2D eigenvalue weighted by atomic mass is 14.9. The molecule has 1 fully saturated rings. The minimum absolute atomic E-state index is 0.383. The van der Waals surface area contributed by atoms with E-state index in [0.29, 0.717) is 11.5 Å². The van der Waals surface area contributed by atoms with E-state index in [9.17, 15) is 0 Å². The van der Waals surface area contributed by atoms with Crippen molar-refractivity contribution < 1.29 is 0 Å². The standard InChI is InChI=1S/C20H33N/c1-4-21-19(14-10-11-17(2)3)20(15-8-9-16-20)18-12-6-5-7-13-18/h5-7,12-13,17,19,21H,4,8-11,14-16H2,1-3H3. The van der Waals surface area contributed by atoms with Gasteiger partial charge in [0.05, 0.1) is 0 Å². The number of nitrogens with one attached hydrogen (secondary N) is 1. The molecular formula is C20H33N. The molecule has 118 valence electrons. The van der Waals surface area contributed by atoms with E-state index in [4.69, 9.17) is 0 Å². The fraction of sp³-hybridized carbons (Fsp3) is 0.700. The number of benzene rings is 1. The minimum atomic E-state index is 0.383. The van der Waals surface area contributed by atoms with Gasteiger partial charge < -0.3 is 5.32 Å². The molecule has 1 aromatic carbocycles. The smallest absolute Gasteiger partial charge is 0.0164 e. The van der Waals surface area contributed by atoms with Crippen LogP contribution < -0.4 is 5.32 Å². The molecule has 0 heterocycles. The fourth-order valence-electron chi connectivity index (χ4n) is 4.16. The lowest BCUT2D eigenvalue weighted by Gasteiger charge is -2.39. The highest BCUT2D eigenvalue weighted by Gasteiger charge is 2.41. The topological polar surface area (TPSA) is 12.0 Å². The molecule has 1 heteroatoms. The molecule has 2 rings (SSSR count). The summed E-state index contributed by atoms with van der Waals surface area (Å²) in [5.41, 5.74) is 1.95. The monoisotopic (exact) mass is 287 g/mol. The maximum Gasteiger partial charge on any atom is 0.0164 e. The van der Waals surface area contributed by atoms with Crippen molar-refractivity contribution in [2.75, 3.05) is 6.54 Å². The summed E-state index contributed by atoms with van der Waals surface area (Å²) in [6.07, 6.45) is 9.52. The van der Waals surface area contributed by atoms with Gasteiger partial charge in [0.1, 0.15) is 0 Å². The van der Waals surface area contributed by atoms with Gasteiger partial charge in [-0.2, -0.15) is 0 Å². The maximum atomic E-state index is 3.84. The molecule has 1 saturated carbocycles. The minimum Gasteiger partial charge on any atom is -0.313 e. The van der Waals surface area contributed by atoms with Crippen LogP contribution in [-0.2, 0) is 5.41 Å². The quantitative estimate of drug-likeness (QED) is 0.684. The van der Waals surface area contributed by atoms with Crippen molar-refractivity contribution >= 4 is 0 Å². The van der Waals surface area contributed by atoms with Crippen LogP contribution in [0.5, 0.6) is 0 Å². The Hall–Kier alpha value is -0.820. The summed E-state index contributed by atoms with van der Waals surface area (Å²) in [7, 11) is 0. The third-order valence-electron chi connectivity index (χ3n) is 5.24. The van der Waals surface area contributed by atoms with Gasteiger partial charge in [0.25, 0.3) is 0 Å². The molecule has 1 unspecified atom stereocenters. The number of hydrogen-bond donors (Lipinski definition) is 1. The van der Waals surface area contributed by atoms with Gasteiger partial charge in [-0.15, -0.1) is 0 Å². The molecule has 0 amide bonds. The molecule has 0 bridgehead atoms. The summed E-state index contributed by atoms with van der Waals surface area (Å²) in [4.78, 5) is 0. The Kier molecular flexibility index (Phi) is 6.29. The van der Waals surface area contributed by atoms with E-state index in [2.05, 4.69) is 56.4 Å². The lowest BCUT2D eigenvalue weighted by Crippen LogP contribution is -2.47. The van der Waals surface area contributed by atoms with Crippen LogP contribution in [0.4, 0.5) is 0 Å². The van der Waals surface area contributed by atoms with Crippen LogP contribution in [0.25, 0.3) is 0 Å². The van der Waals surface area contributed by atoms with Crippen LogP contribution in [0, 0.1) is 5.92 Å². The summed E-state index contributed by atoms with van der Waals surface area (Å²) >= 11 is 0. The average Bonchev–Trinajstić information content (AvgIpc) is 2.98. The van der Waals surface area contributed by atoms with Crippen LogP contribution in [0.3, 0.4) is 0 Å². The van der Waals surface area contributed by atoms with Gasteiger partial charge in [-0.1, -0.05) is 76.8 Å². The molecule has 0 aliphatic heterocycles. The zero-order valence-corrected chi connectivity index (χ0v) is 14.2. The summed E-state index contributed by atoms with van der Waals surface area (Å²) in [6.45, 7) is 8.01. The van der Waals surface area contributed by atoms with Gasteiger partial charge in [0, 0.05) is 11.5 Å². The van der Waals surface area contributed by atoms with Gasteiger partial charge >= 0.3 is 0 Å². The molecule has 1 nitrogen and oxygen atoms in total. The Labute approximate surface area is 131 Å². The van der Waals surface area contributed by atoms with E-state index in [1.807, 2.05) is 0 Å².